The number of aromatic nitrogens is 7. The number of halogens is 2. The molecule has 5 aromatic heterocycles. The van der Waals surface area contributed by atoms with Crippen LogP contribution in [0.15, 0.2) is 61.2 Å². The highest BCUT2D eigenvalue weighted by atomic mass is 19.1. The molecular weight excluding hydrogens is 502 g/mol. The van der Waals surface area contributed by atoms with Gasteiger partial charge in [-0.3, -0.25) is 19.9 Å². The van der Waals surface area contributed by atoms with Gasteiger partial charge in [0.05, 0.1) is 34.5 Å². The number of benzene rings is 1. The van der Waals surface area contributed by atoms with Gasteiger partial charge in [0.1, 0.15) is 17.2 Å². The first-order valence-corrected chi connectivity index (χ1v) is 12.1. The van der Waals surface area contributed by atoms with Crippen molar-refractivity contribution in [2.24, 2.45) is 5.41 Å². The van der Waals surface area contributed by atoms with Crippen molar-refractivity contribution in [2.75, 3.05) is 5.32 Å². The molecule has 0 radical (unpaired) electrons. The molecule has 0 spiro atoms. The van der Waals surface area contributed by atoms with Gasteiger partial charge in [-0.25, -0.2) is 18.7 Å². The van der Waals surface area contributed by atoms with Crippen LogP contribution >= 0.6 is 0 Å². The standard InChI is InChI=1S/C28H22F2N8O/c1-28(2,3)27(39)34-15-10-14(11-31-12-15)22-21(30)20-19(13-33-22)37-38-24(20)26-35-23-17(8-9-32-25(23)36-26)16-6-4-5-7-18(16)29/h4-13H,1-3H3,(H,34,39)(H,37,38)(H,32,35,36). The van der Waals surface area contributed by atoms with Gasteiger partial charge in [0, 0.05) is 34.5 Å². The lowest BCUT2D eigenvalue weighted by Crippen LogP contribution is -2.27. The van der Waals surface area contributed by atoms with Gasteiger partial charge < -0.3 is 10.3 Å². The van der Waals surface area contributed by atoms with Gasteiger partial charge >= 0.3 is 0 Å². The Kier molecular flexibility index (Phi) is 5.63. The summed E-state index contributed by atoms with van der Waals surface area (Å²) in [7, 11) is 0. The van der Waals surface area contributed by atoms with Crippen LogP contribution in [0.2, 0.25) is 0 Å². The van der Waals surface area contributed by atoms with Crippen molar-refractivity contribution in [3.63, 3.8) is 0 Å². The number of H-pyrrole nitrogens is 2. The Morgan fingerprint density at radius 2 is 1.79 bits per heavy atom. The number of pyridine rings is 3. The Balaban J connectivity index is 1.45. The lowest BCUT2D eigenvalue weighted by Gasteiger charge is -2.17. The molecule has 0 saturated carbocycles. The van der Waals surface area contributed by atoms with E-state index in [4.69, 9.17) is 0 Å². The van der Waals surface area contributed by atoms with Crippen LogP contribution < -0.4 is 5.32 Å². The first kappa shape index (κ1) is 24.3. The van der Waals surface area contributed by atoms with Crippen LogP contribution in [0, 0.1) is 17.0 Å². The summed E-state index contributed by atoms with van der Waals surface area (Å²) >= 11 is 0. The highest BCUT2D eigenvalue weighted by molar-refractivity contribution is 5.98. The molecule has 1 aromatic carbocycles. The fourth-order valence-corrected chi connectivity index (χ4v) is 4.23. The minimum atomic E-state index is -0.639. The first-order chi connectivity index (χ1) is 18.7. The molecule has 1 amide bonds. The molecule has 6 rings (SSSR count). The second-order valence-corrected chi connectivity index (χ2v) is 10.1. The van der Waals surface area contributed by atoms with Gasteiger partial charge in [0.25, 0.3) is 0 Å². The molecule has 0 unspecified atom stereocenters. The first-order valence-electron chi connectivity index (χ1n) is 12.1. The molecule has 9 nitrogen and oxygen atoms in total. The zero-order valence-electron chi connectivity index (χ0n) is 21.2. The van der Waals surface area contributed by atoms with Crippen molar-refractivity contribution in [2.45, 2.75) is 20.8 Å². The Morgan fingerprint density at radius 3 is 2.59 bits per heavy atom. The lowest BCUT2D eigenvalue weighted by atomic mass is 9.95. The van der Waals surface area contributed by atoms with Crippen molar-refractivity contribution in [1.29, 1.82) is 0 Å². The normalized spacial score (nSPS) is 11.8. The SMILES string of the molecule is CC(C)(C)C(=O)Nc1cncc(-c2ncc3[nH]nc(-c4nc5nccc(-c6ccccc6F)c5[nH]4)c3c2F)c1. The molecule has 0 atom stereocenters. The van der Waals surface area contributed by atoms with Crippen molar-refractivity contribution >= 4 is 33.7 Å². The molecular formula is C28H22F2N8O. The minimum Gasteiger partial charge on any atom is -0.335 e. The maximum Gasteiger partial charge on any atom is 0.229 e. The summed E-state index contributed by atoms with van der Waals surface area (Å²) in [4.78, 5) is 32.8. The van der Waals surface area contributed by atoms with Gasteiger partial charge in [-0.1, -0.05) is 39.0 Å². The van der Waals surface area contributed by atoms with E-state index in [1.54, 1.807) is 57.3 Å². The van der Waals surface area contributed by atoms with Gasteiger partial charge in [-0.2, -0.15) is 5.10 Å². The smallest absolute Gasteiger partial charge is 0.229 e. The molecule has 5 heterocycles. The van der Waals surface area contributed by atoms with E-state index < -0.39 is 11.2 Å². The summed E-state index contributed by atoms with van der Waals surface area (Å²) < 4.78 is 30.6. The Hall–Kier alpha value is -5.06. The molecule has 0 aliphatic rings. The topological polar surface area (TPSA) is 125 Å². The zero-order chi connectivity index (χ0) is 27.3. The summed E-state index contributed by atoms with van der Waals surface area (Å²) in [6.07, 6.45) is 5.96. The fraction of sp³-hybridized carbons (Fsp3) is 0.143. The van der Waals surface area contributed by atoms with Crippen LogP contribution in [0.4, 0.5) is 14.5 Å². The molecule has 3 N–H and O–H groups in total. The van der Waals surface area contributed by atoms with Crippen LogP contribution in [0.1, 0.15) is 20.8 Å². The van der Waals surface area contributed by atoms with Crippen LogP contribution in [0.5, 0.6) is 0 Å². The Bertz CT molecular complexity index is 1890. The molecule has 0 bridgehead atoms. The third kappa shape index (κ3) is 4.27. The number of fused-ring (bicyclic) bond motifs is 2. The number of nitrogens with one attached hydrogen (secondary N) is 3. The summed E-state index contributed by atoms with van der Waals surface area (Å²) in [6, 6.07) is 9.70. The average Bonchev–Trinajstić information content (AvgIpc) is 3.53. The molecule has 0 fully saturated rings. The number of hydrogen-bond donors (Lipinski definition) is 3. The maximum absolute atomic E-state index is 16.0. The second kappa shape index (κ2) is 9.05. The number of carbonyl (C=O) groups is 1. The van der Waals surface area contributed by atoms with Gasteiger partial charge in [0.2, 0.25) is 5.91 Å². The van der Waals surface area contributed by atoms with Crippen molar-refractivity contribution in [3.8, 4) is 33.9 Å². The van der Waals surface area contributed by atoms with Gasteiger partial charge in [-0.05, 0) is 18.2 Å². The van der Waals surface area contributed by atoms with E-state index >= 15 is 4.39 Å². The second-order valence-electron chi connectivity index (χ2n) is 10.1. The molecule has 0 aliphatic heterocycles. The van der Waals surface area contributed by atoms with E-state index in [1.807, 2.05) is 0 Å². The summed E-state index contributed by atoms with van der Waals surface area (Å²) in [5.74, 6) is -0.966. The maximum atomic E-state index is 16.0. The molecule has 0 saturated heterocycles. The van der Waals surface area contributed by atoms with Crippen LogP contribution in [-0.4, -0.2) is 41.0 Å². The van der Waals surface area contributed by atoms with Crippen molar-refractivity contribution in [3.05, 3.63) is 72.8 Å². The van der Waals surface area contributed by atoms with E-state index in [0.29, 0.717) is 39.1 Å². The zero-order valence-corrected chi connectivity index (χ0v) is 21.2. The van der Waals surface area contributed by atoms with E-state index in [9.17, 15) is 9.18 Å². The molecule has 0 aliphatic carbocycles. The number of rotatable bonds is 4. The summed E-state index contributed by atoms with van der Waals surface area (Å²) in [6.45, 7) is 5.38. The van der Waals surface area contributed by atoms with Crippen LogP contribution in [0.3, 0.4) is 0 Å². The monoisotopic (exact) mass is 524 g/mol. The predicted octanol–water partition coefficient (Wildman–Crippen LogP) is 5.89. The van der Waals surface area contributed by atoms with Crippen molar-refractivity contribution in [1.82, 2.24) is 35.1 Å². The quantitative estimate of drug-likeness (QED) is 0.264. The number of carbonyl (C=O) groups excluding carboxylic acids is 1. The van der Waals surface area contributed by atoms with E-state index in [0.717, 1.165) is 0 Å². The molecule has 11 heteroatoms. The minimum absolute atomic E-state index is 0.0331. The number of aromatic amines is 2. The fourth-order valence-electron chi connectivity index (χ4n) is 4.23. The van der Waals surface area contributed by atoms with Gasteiger partial charge in [0.15, 0.2) is 17.3 Å². The summed E-state index contributed by atoms with van der Waals surface area (Å²) in [5.41, 5.74) is 2.58. The predicted molar refractivity (Wildman–Crippen MR) is 143 cm³/mol. The van der Waals surface area contributed by atoms with E-state index in [2.05, 4.69) is 40.4 Å². The highest BCUT2D eigenvalue weighted by Crippen LogP contribution is 2.35. The van der Waals surface area contributed by atoms with E-state index in [-0.39, 0.29) is 34.3 Å². The van der Waals surface area contributed by atoms with Crippen molar-refractivity contribution < 1.29 is 13.6 Å². The number of nitrogens with zero attached hydrogens (tertiary/aromatic N) is 5. The van der Waals surface area contributed by atoms with Crippen LogP contribution in [0.25, 0.3) is 56.0 Å². The molecule has 194 valence electrons. The van der Waals surface area contributed by atoms with Gasteiger partial charge in [-0.15, -0.1) is 0 Å². The summed E-state index contributed by atoms with van der Waals surface area (Å²) in [5, 5.41) is 10.0. The Morgan fingerprint density at radius 1 is 0.974 bits per heavy atom. The number of amides is 1. The van der Waals surface area contributed by atoms with E-state index in [1.165, 1.54) is 24.7 Å². The lowest BCUT2D eigenvalue weighted by molar-refractivity contribution is -0.123. The van der Waals surface area contributed by atoms with Crippen LogP contribution in [-0.2, 0) is 4.79 Å². The number of hydrogen-bond acceptors (Lipinski definition) is 6. The number of anilines is 1. The third-order valence-electron chi connectivity index (χ3n) is 6.28. The third-order valence-corrected chi connectivity index (χ3v) is 6.28. The molecule has 39 heavy (non-hydrogen) atoms. The largest absolute Gasteiger partial charge is 0.335 e. The Labute approximate surface area is 220 Å². The number of imidazole rings is 1. The molecule has 6 aromatic rings. The average molecular weight is 525 g/mol. The highest BCUT2D eigenvalue weighted by Gasteiger charge is 2.24.